The third kappa shape index (κ3) is 2.54. The van der Waals surface area contributed by atoms with E-state index in [1.807, 2.05) is 0 Å². The number of nitrogens with one attached hydrogen (secondary N) is 1. The van der Waals surface area contributed by atoms with Crippen LogP contribution in [0.4, 0.5) is 0 Å². The van der Waals surface area contributed by atoms with E-state index in [0.717, 1.165) is 24.3 Å². The normalized spacial score (nSPS) is 36.4. The van der Waals surface area contributed by atoms with E-state index in [1.165, 1.54) is 32.2 Å². The highest BCUT2D eigenvalue weighted by atomic mass is 14.9. The highest BCUT2D eigenvalue weighted by Crippen LogP contribution is 2.47. The standard InChI is InChI=1S/C13H26N2/c1-9(2)13(7-14)15-8-12-6-10-3-4-11(12)5-10/h9-13,15H,3-8,14H2,1-2H3. The zero-order valence-corrected chi connectivity index (χ0v) is 10.2. The molecular formula is C13H26N2. The lowest BCUT2D eigenvalue weighted by Crippen LogP contribution is -2.43. The van der Waals surface area contributed by atoms with Gasteiger partial charge in [0.1, 0.15) is 0 Å². The first-order valence-corrected chi connectivity index (χ1v) is 6.64. The van der Waals surface area contributed by atoms with Gasteiger partial charge in [0.25, 0.3) is 0 Å². The lowest BCUT2D eigenvalue weighted by atomic mass is 9.88. The number of nitrogens with two attached hydrogens (primary N) is 1. The highest BCUT2D eigenvalue weighted by molar-refractivity contribution is 4.91. The summed E-state index contributed by atoms with van der Waals surface area (Å²) in [6.45, 7) is 6.50. The van der Waals surface area contributed by atoms with Crippen LogP contribution in [0.25, 0.3) is 0 Å². The zero-order chi connectivity index (χ0) is 10.8. The maximum Gasteiger partial charge on any atom is 0.0213 e. The second-order valence-corrected chi connectivity index (χ2v) is 5.93. The fraction of sp³-hybridized carbons (Fsp3) is 1.00. The molecule has 2 saturated carbocycles. The number of fused-ring (bicyclic) bond motifs is 2. The van der Waals surface area contributed by atoms with Crippen molar-refractivity contribution in [3.05, 3.63) is 0 Å². The Morgan fingerprint density at radius 1 is 1.27 bits per heavy atom. The molecule has 3 N–H and O–H groups in total. The summed E-state index contributed by atoms with van der Waals surface area (Å²) in [5.41, 5.74) is 5.77. The van der Waals surface area contributed by atoms with Crippen molar-refractivity contribution in [2.24, 2.45) is 29.4 Å². The molecule has 0 radical (unpaired) electrons. The fourth-order valence-electron chi connectivity index (χ4n) is 3.52. The fourth-order valence-corrected chi connectivity index (χ4v) is 3.52. The first kappa shape index (κ1) is 11.4. The molecule has 0 spiro atoms. The molecule has 2 aliphatic carbocycles. The van der Waals surface area contributed by atoms with Crippen molar-refractivity contribution in [3.8, 4) is 0 Å². The van der Waals surface area contributed by atoms with Crippen LogP contribution in [0, 0.1) is 23.7 Å². The lowest BCUT2D eigenvalue weighted by Gasteiger charge is -2.27. The molecule has 0 saturated heterocycles. The molecule has 2 aliphatic rings. The van der Waals surface area contributed by atoms with Gasteiger partial charge in [0.15, 0.2) is 0 Å². The van der Waals surface area contributed by atoms with E-state index in [2.05, 4.69) is 19.2 Å². The molecular weight excluding hydrogens is 184 g/mol. The molecule has 2 heteroatoms. The lowest BCUT2D eigenvalue weighted by molar-refractivity contribution is 0.290. The van der Waals surface area contributed by atoms with Crippen molar-refractivity contribution in [1.29, 1.82) is 0 Å². The molecule has 0 aromatic carbocycles. The molecule has 0 amide bonds. The highest BCUT2D eigenvalue weighted by Gasteiger charge is 2.39. The average Bonchev–Trinajstić information content (AvgIpc) is 2.79. The van der Waals surface area contributed by atoms with Crippen LogP contribution >= 0.6 is 0 Å². The van der Waals surface area contributed by atoms with Crippen molar-refractivity contribution in [2.45, 2.75) is 45.6 Å². The summed E-state index contributed by atoms with van der Waals surface area (Å²) >= 11 is 0. The van der Waals surface area contributed by atoms with Crippen molar-refractivity contribution in [2.75, 3.05) is 13.1 Å². The van der Waals surface area contributed by atoms with Gasteiger partial charge in [0.2, 0.25) is 0 Å². The van der Waals surface area contributed by atoms with Crippen molar-refractivity contribution in [3.63, 3.8) is 0 Å². The molecule has 0 aromatic rings. The number of hydrogen-bond acceptors (Lipinski definition) is 2. The van der Waals surface area contributed by atoms with Crippen LogP contribution in [0.15, 0.2) is 0 Å². The van der Waals surface area contributed by atoms with Crippen molar-refractivity contribution < 1.29 is 0 Å². The van der Waals surface area contributed by atoms with Crippen LogP contribution in [-0.2, 0) is 0 Å². The largest absolute Gasteiger partial charge is 0.329 e. The first-order chi connectivity index (χ1) is 7.20. The third-order valence-electron chi connectivity index (χ3n) is 4.59. The Hall–Kier alpha value is -0.0800. The van der Waals surface area contributed by atoms with Crippen molar-refractivity contribution >= 4 is 0 Å². The molecule has 2 bridgehead atoms. The van der Waals surface area contributed by atoms with E-state index < -0.39 is 0 Å². The topological polar surface area (TPSA) is 38.0 Å². The summed E-state index contributed by atoms with van der Waals surface area (Å²) in [7, 11) is 0. The third-order valence-corrected chi connectivity index (χ3v) is 4.59. The monoisotopic (exact) mass is 210 g/mol. The summed E-state index contributed by atoms with van der Waals surface area (Å²) in [5, 5.41) is 3.67. The Morgan fingerprint density at radius 3 is 2.53 bits per heavy atom. The van der Waals surface area contributed by atoms with Crippen LogP contribution < -0.4 is 11.1 Å². The van der Waals surface area contributed by atoms with Crippen LogP contribution in [0.5, 0.6) is 0 Å². The molecule has 2 rings (SSSR count). The van der Waals surface area contributed by atoms with Crippen molar-refractivity contribution in [1.82, 2.24) is 5.32 Å². The Labute approximate surface area is 94.0 Å². The quantitative estimate of drug-likeness (QED) is 0.728. The minimum atomic E-state index is 0.518. The van der Waals surface area contributed by atoms with Gasteiger partial charge in [-0.3, -0.25) is 0 Å². The van der Waals surface area contributed by atoms with E-state index >= 15 is 0 Å². The summed E-state index contributed by atoms with van der Waals surface area (Å²) in [6, 6.07) is 0.518. The molecule has 0 heterocycles. The summed E-state index contributed by atoms with van der Waals surface area (Å²) < 4.78 is 0. The maximum atomic E-state index is 5.77. The maximum absolute atomic E-state index is 5.77. The molecule has 2 fully saturated rings. The Kier molecular flexibility index (Phi) is 3.68. The van der Waals surface area contributed by atoms with E-state index in [0.29, 0.717) is 12.0 Å². The molecule has 4 atom stereocenters. The predicted octanol–water partition coefficient (Wildman–Crippen LogP) is 2.00. The zero-order valence-electron chi connectivity index (χ0n) is 10.2. The average molecular weight is 210 g/mol. The first-order valence-electron chi connectivity index (χ1n) is 6.64. The second kappa shape index (κ2) is 4.84. The second-order valence-electron chi connectivity index (χ2n) is 5.93. The van der Waals surface area contributed by atoms with Gasteiger partial charge in [-0.1, -0.05) is 20.3 Å². The van der Waals surface area contributed by atoms with Gasteiger partial charge in [0.05, 0.1) is 0 Å². The molecule has 88 valence electrons. The molecule has 15 heavy (non-hydrogen) atoms. The summed E-state index contributed by atoms with van der Waals surface area (Å²) in [6.07, 6.45) is 5.99. The van der Waals surface area contributed by atoms with Gasteiger partial charge in [-0.05, 0) is 49.5 Å². The Morgan fingerprint density at radius 2 is 2.07 bits per heavy atom. The Bertz CT molecular complexity index is 203. The summed E-state index contributed by atoms with van der Waals surface area (Å²) in [5.74, 6) is 3.72. The van der Waals surface area contributed by atoms with Crippen LogP contribution in [0.3, 0.4) is 0 Å². The SMILES string of the molecule is CC(C)C(CN)NCC1CC2CCC1C2. The van der Waals surface area contributed by atoms with Crippen LogP contribution in [0.2, 0.25) is 0 Å². The number of rotatable bonds is 5. The van der Waals surface area contributed by atoms with Gasteiger partial charge >= 0.3 is 0 Å². The van der Waals surface area contributed by atoms with Gasteiger partial charge in [0, 0.05) is 12.6 Å². The van der Waals surface area contributed by atoms with E-state index in [9.17, 15) is 0 Å². The van der Waals surface area contributed by atoms with E-state index in [4.69, 9.17) is 5.73 Å². The van der Waals surface area contributed by atoms with Gasteiger partial charge in [-0.2, -0.15) is 0 Å². The molecule has 2 nitrogen and oxygen atoms in total. The van der Waals surface area contributed by atoms with Crippen LogP contribution in [-0.4, -0.2) is 19.1 Å². The van der Waals surface area contributed by atoms with Gasteiger partial charge in [-0.15, -0.1) is 0 Å². The van der Waals surface area contributed by atoms with E-state index in [1.54, 1.807) is 0 Å². The minimum Gasteiger partial charge on any atom is -0.329 e. The molecule has 0 aromatic heterocycles. The Balaban J connectivity index is 1.73. The predicted molar refractivity (Wildman–Crippen MR) is 64.6 cm³/mol. The summed E-state index contributed by atoms with van der Waals surface area (Å²) in [4.78, 5) is 0. The van der Waals surface area contributed by atoms with Crippen LogP contribution in [0.1, 0.15) is 39.5 Å². The van der Waals surface area contributed by atoms with Gasteiger partial charge < -0.3 is 11.1 Å². The smallest absolute Gasteiger partial charge is 0.0213 e. The molecule has 4 unspecified atom stereocenters. The van der Waals surface area contributed by atoms with E-state index in [-0.39, 0.29) is 0 Å². The van der Waals surface area contributed by atoms with Gasteiger partial charge in [-0.25, -0.2) is 0 Å². The number of hydrogen-bond donors (Lipinski definition) is 2. The minimum absolute atomic E-state index is 0.518. The molecule has 0 aliphatic heterocycles.